The van der Waals surface area contributed by atoms with Gasteiger partial charge in [-0.15, -0.1) is 0 Å². The molecule has 2 aliphatic rings. The molecule has 0 spiro atoms. The number of aromatic nitrogens is 2. The van der Waals surface area contributed by atoms with Gasteiger partial charge >= 0.3 is 0 Å². The molecule has 5 heteroatoms. The molecule has 0 aromatic carbocycles. The van der Waals surface area contributed by atoms with Gasteiger partial charge in [0.15, 0.2) is 0 Å². The molecular weight excluding hydrogens is 300 g/mol. The van der Waals surface area contributed by atoms with E-state index in [2.05, 4.69) is 21.4 Å². The zero-order valence-electron chi connectivity index (χ0n) is 15.3. The largest absolute Gasteiger partial charge is 0.338 e. The maximum atomic E-state index is 12.8. The van der Waals surface area contributed by atoms with Gasteiger partial charge in [-0.25, -0.2) is 4.98 Å². The third-order valence-electron chi connectivity index (χ3n) is 5.87. The van der Waals surface area contributed by atoms with Gasteiger partial charge in [0, 0.05) is 37.9 Å². The molecule has 1 aromatic rings. The highest BCUT2D eigenvalue weighted by Crippen LogP contribution is 2.27. The van der Waals surface area contributed by atoms with Crippen molar-refractivity contribution in [1.29, 1.82) is 0 Å². The summed E-state index contributed by atoms with van der Waals surface area (Å²) in [5.41, 5.74) is 0. The van der Waals surface area contributed by atoms with Gasteiger partial charge in [-0.3, -0.25) is 4.79 Å². The Balaban J connectivity index is 1.49. The van der Waals surface area contributed by atoms with Crippen molar-refractivity contribution in [3.05, 3.63) is 18.2 Å². The first-order valence-corrected chi connectivity index (χ1v) is 9.68. The zero-order valence-corrected chi connectivity index (χ0v) is 15.3. The molecule has 0 radical (unpaired) electrons. The summed E-state index contributed by atoms with van der Waals surface area (Å²) in [4.78, 5) is 21.7. The van der Waals surface area contributed by atoms with Gasteiger partial charge in [-0.05, 0) is 45.7 Å². The van der Waals surface area contributed by atoms with E-state index in [1.807, 2.05) is 24.3 Å². The average Bonchev–Trinajstić information content (AvgIpc) is 3.09. The van der Waals surface area contributed by atoms with Crippen LogP contribution in [0.4, 0.5) is 0 Å². The Bertz CT molecular complexity index is 527. The van der Waals surface area contributed by atoms with Crippen molar-refractivity contribution in [2.75, 3.05) is 20.1 Å². The van der Waals surface area contributed by atoms with Crippen molar-refractivity contribution in [1.82, 2.24) is 19.4 Å². The Labute approximate surface area is 146 Å². The molecule has 1 aliphatic heterocycles. The molecule has 0 unspecified atom stereocenters. The van der Waals surface area contributed by atoms with Crippen LogP contribution >= 0.6 is 0 Å². The van der Waals surface area contributed by atoms with E-state index in [1.54, 1.807) is 0 Å². The first kappa shape index (κ1) is 17.5. The van der Waals surface area contributed by atoms with Gasteiger partial charge in [0.2, 0.25) is 5.91 Å². The minimum Gasteiger partial charge on any atom is -0.338 e. The molecule has 0 N–H and O–H groups in total. The van der Waals surface area contributed by atoms with E-state index in [0.717, 1.165) is 44.3 Å². The number of carbonyl (C=O) groups is 1. The molecule has 1 saturated heterocycles. The predicted molar refractivity (Wildman–Crippen MR) is 95.5 cm³/mol. The molecule has 3 rings (SSSR count). The van der Waals surface area contributed by atoms with E-state index < -0.39 is 0 Å². The summed E-state index contributed by atoms with van der Waals surface area (Å²) >= 11 is 0. The van der Waals surface area contributed by atoms with Crippen LogP contribution in [0, 0.1) is 5.92 Å². The van der Waals surface area contributed by atoms with Crippen molar-refractivity contribution < 1.29 is 4.79 Å². The SMILES string of the molecule is CCn1ccnc1CN(C)C(=O)C1CCN(C2CCCCC2)CC1. The third kappa shape index (κ3) is 4.00. The Morgan fingerprint density at radius 2 is 1.92 bits per heavy atom. The highest BCUT2D eigenvalue weighted by atomic mass is 16.2. The Kier molecular flexibility index (Phi) is 5.93. The summed E-state index contributed by atoms with van der Waals surface area (Å²) in [5, 5.41) is 0. The molecule has 0 bridgehead atoms. The molecule has 5 nitrogen and oxygen atoms in total. The lowest BCUT2D eigenvalue weighted by Gasteiger charge is -2.39. The molecule has 1 aliphatic carbocycles. The first-order valence-electron chi connectivity index (χ1n) is 9.68. The summed E-state index contributed by atoms with van der Waals surface area (Å²) in [6.07, 6.45) is 12.7. The van der Waals surface area contributed by atoms with E-state index in [0.29, 0.717) is 12.5 Å². The van der Waals surface area contributed by atoms with Crippen LogP contribution in [0.3, 0.4) is 0 Å². The normalized spacial score (nSPS) is 21.1. The summed E-state index contributed by atoms with van der Waals surface area (Å²) in [6.45, 7) is 5.81. The molecule has 134 valence electrons. The first-order chi connectivity index (χ1) is 11.7. The van der Waals surface area contributed by atoms with E-state index in [9.17, 15) is 4.79 Å². The minimum atomic E-state index is 0.194. The van der Waals surface area contributed by atoms with E-state index >= 15 is 0 Å². The lowest BCUT2D eigenvalue weighted by Crippen LogP contribution is -2.45. The Morgan fingerprint density at radius 1 is 1.21 bits per heavy atom. The van der Waals surface area contributed by atoms with Crippen LogP contribution in [0.1, 0.15) is 57.7 Å². The number of rotatable bonds is 5. The summed E-state index contributed by atoms with van der Waals surface area (Å²) < 4.78 is 2.11. The van der Waals surface area contributed by atoms with Crippen LogP contribution in [0.2, 0.25) is 0 Å². The lowest BCUT2D eigenvalue weighted by molar-refractivity contribution is -0.136. The van der Waals surface area contributed by atoms with Crippen LogP contribution < -0.4 is 0 Å². The average molecular weight is 332 g/mol. The molecular formula is C19H32N4O. The maximum Gasteiger partial charge on any atom is 0.225 e. The van der Waals surface area contributed by atoms with Crippen molar-refractivity contribution >= 4 is 5.91 Å². The van der Waals surface area contributed by atoms with Crippen LogP contribution in [-0.4, -0.2) is 51.4 Å². The van der Waals surface area contributed by atoms with Crippen molar-refractivity contribution in [2.24, 2.45) is 5.92 Å². The third-order valence-corrected chi connectivity index (χ3v) is 5.87. The fourth-order valence-corrected chi connectivity index (χ4v) is 4.34. The highest BCUT2D eigenvalue weighted by Gasteiger charge is 2.30. The summed E-state index contributed by atoms with van der Waals surface area (Å²) in [5.74, 6) is 1.47. The van der Waals surface area contributed by atoms with Gasteiger partial charge in [0.1, 0.15) is 5.82 Å². The monoisotopic (exact) mass is 332 g/mol. The number of hydrogen-bond donors (Lipinski definition) is 0. The maximum absolute atomic E-state index is 12.8. The summed E-state index contributed by atoms with van der Waals surface area (Å²) in [6, 6.07) is 0.782. The predicted octanol–water partition coefficient (Wildman–Crippen LogP) is 2.91. The number of nitrogens with zero attached hydrogens (tertiary/aromatic N) is 4. The van der Waals surface area contributed by atoms with E-state index in [1.165, 1.54) is 32.1 Å². The number of amides is 1. The second-order valence-corrected chi connectivity index (χ2v) is 7.43. The number of likely N-dealkylation sites (tertiary alicyclic amines) is 1. The number of carbonyl (C=O) groups excluding carboxylic acids is 1. The number of piperidine rings is 1. The summed E-state index contributed by atoms with van der Waals surface area (Å²) in [7, 11) is 1.92. The second kappa shape index (κ2) is 8.15. The zero-order chi connectivity index (χ0) is 16.9. The molecule has 2 fully saturated rings. The lowest BCUT2D eigenvalue weighted by atomic mass is 9.89. The minimum absolute atomic E-state index is 0.194. The van der Waals surface area contributed by atoms with Crippen LogP contribution in [0.15, 0.2) is 12.4 Å². The van der Waals surface area contributed by atoms with Gasteiger partial charge in [0.25, 0.3) is 0 Å². The standard InChI is InChI=1S/C19H32N4O/c1-3-22-14-11-20-18(22)15-21(2)19(24)16-9-12-23(13-10-16)17-7-5-4-6-8-17/h11,14,16-17H,3-10,12-13,15H2,1-2H3. The Morgan fingerprint density at radius 3 is 2.58 bits per heavy atom. The molecule has 1 amide bonds. The molecule has 24 heavy (non-hydrogen) atoms. The van der Waals surface area contributed by atoms with Crippen molar-refractivity contribution in [3.63, 3.8) is 0 Å². The number of imidazole rings is 1. The van der Waals surface area contributed by atoms with E-state index in [-0.39, 0.29) is 5.92 Å². The van der Waals surface area contributed by atoms with Crippen molar-refractivity contribution in [2.45, 2.75) is 71.0 Å². The quantitative estimate of drug-likeness (QED) is 0.832. The molecule has 1 aromatic heterocycles. The topological polar surface area (TPSA) is 41.4 Å². The molecule has 0 atom stereocenters. The second-order valence-electron chi connectivity index (χ2n) is 7.43. The fraction of sp³-hybridized carbons (Fsp3) is 0.789. The van der Waals surface area contributed by atoms with Gasteiger partial charge in [-0.2, -0.15) is 0 Å². The van der Waals surface area contributed by atoms with Crippen molar-refractivity contribution in [3.8, 4) is 0 Å². The van der Waals surface area contributed by atoms with Crippen LogP contribution in [0.25, 0.3) is 0 Å². The number of aryl methyl sites for hydroxylation is 1. The molecule has 2 heterocycles. The van der Waals surface area contributed by atoms with Crippen LogP contribution in [-0.2, 0) is 17.9 Å². The van der Waals surface area contributed by atoms with Gasteiger partial charge in [0.05, 0.1) is 6.54 Å². The van der Waals surface area contributed by atoms with Gasteiger partial charge < -0.3 is 14.4 Å². The fourth-order valence-electron chi connectivity index (χ4n) is 4.34. The highest BCUT2D eigenvalue weighted by molar-refractivity contribution is 5.78. The van der Waals surface area contributed by atoms with Gasteiger partial charge in [-0.1, -0.05) is 19.3 Å². The number of hydrogen-bond acceptors (Lipinski definition) is 3. The molecule has 1 saturated carbocycles. The smallest absolute Gasteiger partial charge is 0.225 e. The van der Waals surface area contributed by atoms with Crippen LogP contribution in [0.5, 0.6) is 0 Å². The van der Waals surface area contributed by atoms with E-state index in [4.69, 9.17) is 0 Å². The Hall–Kier alpha value is -1.36.